The summed E-state index contributed by atoms with van der Waals surface area (Å²) in [5, 5.41) is 0. The van der Waals surface area contributed by atoms with Crippen LogP contribution in [-0.2, 0) is 0 Å². The van der Waals surface area contributed by atoms with Gasteiger partial charge in [0.1, 0.15) is 0 Å². The molecule has 0 radical (unpaired) electrons. The molecule has 0 aliphatic rings. The second kappa shape index (κ2) is 21.3. The van der Waals surface area contributed by atoms with Gasteiger partial charge in [0.25, 0.3) is 0 Å². The summed E-state index contributed by atoms with van der Waals surface area (Å²) in [7, 11) is 0. The summed E-state index contributed by atoms with van der Waals surface area (Å²) in [6, 6.07) is 10.1. The summed E-state index contributed by atoms with van der Waals surface area (Å²) in [5.41, 5.74) is 2.47. The molecule has 2 nitrogen and oxygen atoms in total. The molecule has 0 fully saturated rings. The van der Waals surface area contributed by atoms with Gasteiger partial charge in [0.05, 0.1) is 0 Å². The number of nitrogens with zero attached hydrogens (tertiary/aromatic N) is 2. The van der Waals surface area contributed by atoms with E-state index in [1.807, 2.05) is 78.2 Å². The summed E-state index contributed by atoms with van der Waals surface area (Å²) in [4.78, 5) is 8.18. The number of hydrogen-bond acceptors (Lipinski definition) is 2. The van der Waals surface area contributed by atoms with E-state index >= 15 is 0 Å². The van der Waals surface area contributed by atoms with E-state index in [2.05, 4.69) is 43.7 Å². The highest BCUT2D eigenvalue weighted by Gasteiger charge is 1.95. The van der Waals surface area contributed by atoms with Gasteiger partial charge in [-0.1, -0.05) is 81.4 Å². The first-order valence-electron chi connectivity index (χ1n) is 9.42. The van der Waals surface area contributed by atoms with E-state index in [9.17, 15) is 0 Å². The van der Waals surface area contributed by atoms with Gasteiger partial charge >= 0.3 is 0 Å². The molecule has 0 spiro atoms. The highest BCUT2D eigenvalue weighted by Crippen LogP contribution is 2.10. The van der Waals surface area contributed by atoms with Crippen molar-refractivity contribution in [3.8, 4) is 0 Å². The fourth-order valence-corrected chi connectivity index (χ4v) is 1.43. The third-order valence-corrected chi connectivity index (χ3v) is 2.63. The van der Waals surface area contributed by atoms with Gasteiger partial charge < -0.3 is 0 Å². The van der Waals surface area contributed by atoms with Crippen molar-refractivity contribution in [1.29, 1.82) is 0 Å². The lowest BCUT2D eigenvalue weighted by Crippen LogP contribution is -1.88. The molecule has 0 aliphatic heterocycles. The average Bonchev–Trinajstić information content (AvgIpc) is 2.68. The Morgan fingerprint density at radius 1 is 0.667 bits per heavy atom. The standard InChI is InChI=1S/2C8H11N.3C2H6/c1-7(2)8-4-3-5-9-6-8;1-7(2)8-5-3-4-6-9-8;3*1-2/h2*3-7H,1-2H3;3*1-2H3. The predicted octanol–water partition coefficient (Wildman–Crippen LogP) is 7.49. The maximum Gasteiger partial charge on any atom is 0.0428 e. The fourth-order valence-electron chi connectivity index (χ4n) is 1.43. The quantitative estimate of drug-likeness (QED) is 0.569. The fraction of sp³-hybridized carbons (Fsp3) is 0.545. The van der Waals surface area contributed by atoms with Crippen molar-refractivity contribution in [1.82, 2.24) is 9.97 Å². The summed E-state index contributed by atoms with van der Waals surface area (Å²) < 4.78 is 0. The second-order valence-electron chi connectivity index (χ2n) is 4.85. The first kappa shape index (κ1) is 27.2. The van der Waals surface area contributed by atoms with Crippen LogP contribution in [0.15, 0.2) is 48.9 Å². The Balaban J connectivity index is -0.000000281. The SMILES string of the molecule is CC.CC.CC.CC(C)c1ccccn1.CC(C)c1cccnc1. The van der Waals surface area contributed by atoms with Gasteiger partial charge in [-0.25, -0.2) is 0 Å². The molecule has 138 valence electrons. The van der Waals surface area contributed by atoms with Crippen LogP contribution in [-0.4, -0.2) is 9.97 Å². The lowest BCUT2D eigenvalue weighted by Gasteiger charge is -2.00. The zero-order valence-corrected chi connectivity index (χ0v) is 17.7. The van der Waals surface area contributed by atoms with Crippen molar-refractivity contribution in [2.45, 2.75) is 81.1 Å². The Bertz CT molecular complexity index is 379. The molecule has 0 N–H and O–H groups in total. The summed E-state index contributed by atoms with van der Waals surface area (Å²) in [6.45, 7) is 20.6. The first-order valence-corrected chi connectivity index (χ1v) is 9.42. The Kier molecular flexibility index (Phi) is 24.1. The van der Waals surface area contributed by atoms with Gasteiger partial charge in [0.15, 0.2) is 0 Å². The van der Waals surface area contributed by atoms with Gasteiger partial charge in [-0.3, -0.25) is 9.97 Å². The Morgan fingerprint density at radius 3 is 1.50 bits per heavy atom. The van der Waals surface area contributed by atoms with Gasteiger partial charge in [-0.15, -0.1) is 0 Å². The van der Waals surface area contributed by atoms with E-state index in [1.165, 1.54) is 5.56 Å². The molecule has 24 heavy (non-hydrogen) atoms. The van der Waals surface area contributed by atoms with E-state index in [-0.39, 0.29) is 0 Å². The van der Waals surface area contributed by atoms with E-state index in [1.54, 1.807) is 6.20 Å². The molecule has 2 rings (SSSR count). The third-order valence-electron chi connectivity index (χ3n) is 2.63. The molecule has 2 aromatic heterocycles. The topological polar surface area (TPSA) is 25.8 Å². The number of rotatable bonds is 2. The van der Waals surface area contributed by atoms with E-state index in [4.69, 9.17) is 0 Å². The second-order valence-corrected chi connectivity index (χ2v) is 4.85. The maximum atomic E-state index is 4.18. The summed E-state index contributed by atoms with van der Waals surface area (Å²) in [5.74, 6) is 1.14. The van der Waals surface area contributed by atoms with Crippen LogP contribution in [0.25, 0.3) is 0 Å². The largest absolute Gasteiger partial charge is 0.264 e. The van der Waals surface area contributed by atoms with Crippen LogP contribution in [0, 0.1) is 0 Å². The Morgan fingerprint density at radius 2 is 1.25 bits per heavy atom. The molecular weight excluding hydrogens is 292 g/mol. The molecular formula is C22H40N2. The third kappa shape index (κ3) is 15.2. The van der Waals surface area contributed by atoms with Crippen molar-refractivity contribution in [3.63, 3.8) is 0 Å². The van der Waals surface area contributed by atoms with Crippen LogP contribution >= 0.6 is 0 Å². The molecule has 0 amide bonds. The van der Waals surface area contributed by atoms with Crippen molar-refractivity contribution in [3.05, 3.63) is 60.2 Å². The molecule has 0 bridgehead atoms. The normalized spacial score (nSPS) is 8.33. The maximum absolute atomic E-state index is 4.18. The molecule has 0 unspecified atom stereocenters. The van der Waals surface area contributed by atoms with Crippen LogP contribution in [0.1, 0.15) is 92.3 Å². The Hall–Kier alpha value is -1.70. The molecule has 0 aromatic carbocycles. The minimum atomic E-state index is 0.547. The minimum absolute atomic E-state index is 0.547. The smallest absolute Gasteiger partial charge is 0.0428 e. The van der Waals surface area contributed by atoms with Crippen LogP contribution in [0.2, 0.25) is 0 Å². The molecule has 0 saturated carbocycles. The van der Waals surface area contributed by atoms with Crippen molar-refractivity contribution in [2.75, 3.05) is 0 Å². The molecule has 0 atom stereocenters. The lowest BCUT2D eigenvalue weighted by atomic mass is 10.1. The molecule has 0 saturated heterocycles. The first-order chi connectivity index (χ1) is 11.6. The number of pyridine rings is 2. The number of hydrogen-bond donors (Lipinski definition) is 0. The van der Waals surface area contributed by atoms with Crippen LogP contribution in [0.3, 0.4) is 0 Å². The highest BCUT2D eigenvalue weighted by molar-refractivity contribution is 5.12. The lowest BCUT2D eigenvalue weighted by molar-refractivity contribution is 0.823. The number of aromatic nitrogens is 2. The van der Waals surface area contributed by atoms with E-state index < -0.39 is 0 Å². The van der Waals surface area contributed by atoms with Gasteiger partial charge in [0, 0.05) is 24.3 Å². The van der Waals surface area contributed by atoms with Crippen molar-refractivity contribution in [2.24, 2.45) is 0 Å². The molecule has 2 heterocycles. The van der Waals surface area contributed by atoms with E-state index in [0.717, 1.165) is 5.69 Å². The average molecular weight is 333 g/mol. The molecule has 2 heteroatoms. The summed E-state index contributed by atoms with van der Waals surface area (Å²) >= 11 is 0. The van der Waals surface area contributed by atoms with Gasteiger partial charge in [-0.05, 0) is 35.6 Å². The molecule has 2 aromatic rings. The summed E-state index contributed by atoms with van der Waals surface area (Å²) in [6.07, 6.45) is 5.53. The predicted molar refractivity (Wildman–Crippen MR) is 111 cm³/mol. The van der Waals surface area contributed by atoms with Crippen LogP contribution in [0.5, 0.6) is 0 Å². The van der Waals surface area contributed by atoms with Crippen molar-refractivity contribution < 1.29 is 0 Å². The van der Waals surface area contributed by atoms with E-state index in [0.29, 0.717) is 11.8 Å². The van der Waals surface area contributed by atoms with Crippen LogP contribution in [0.4, 0.5) is 0 Å². The van der Waals surface area contributed by atoms with Crippen molar-refractivity contribution >= 4 is 0 Å². The Labute approximate surface area is 151 Å². The highest BCUT2D eigenvalue weighted by atomic mass is 14.7. The zero-order chi connectivity index (χ0) is 19.4. The minimum Gasteiger partial charge on any atom is -0.264 e. The van der Waals surface area contributed by atoms with Gasteiger partial charge in [-0.2, -0.15) is 0 Å². The molecule has 0 aliphatic carbocycles. The van der Waals surface area contributed by atoms with Crippen LogP contribution < -0.4 is 0 Å². The van der Waals surface area contributed by atoms with Gasteiger partial charge in [0.2, 0.25) is 0 Å². The zero-order valence-electron chi connectivity index (χ0n) is 17.7. The monoisotopic (exact) mass is 332 g/mol.